The molecule has 2 aromatic heterocycles. The standard InChI is InChI=1S/C70H100N14O19S2/c1-37(2)71-22-23-72-56(91)30-54(90)59-69(98)84-35-38(3)61(92)60(84)65(96)74-34-46(86)28-50(62(93)77-57(39(4)85)68(97)83-36-47(87)29-51(83)63(94)78-58(64(95)79-59)53(89)26-41-12-19-52(88)55(27-41)103-105(99,100)101)73-31-40-10-13-43(14-11-40)66-80-81-67(104-66)44-17-15-42(16-18-44)45-32-75-70(76-33-45)82-24-20-49(21-25-82)102-48-8-6-5-7-9-48/h12,15-19,27,32-33,37-40,43,46-51,53-54,57-61,71,73,85-90,92H,5-11,13-14,20-26,28-31,34-36H2,1-4H3,(H,72,91)(H,74,96)(H,77,93)(H,78,94)(H,79,95)(H,99,100,101)/t38-,39+,40?,43?,46+,47+,50-,51-,53+,54+,57-,58-,59-,60-,61-/m0/s1. The summed E-state index contributed by atoms with van der Waals surface area (Å²) in [6.45, 7) is 7.18. The molecule has 2 saturated carbocycles. The molecule has 33 nitrogen and oxygen atoms in total. The number of carbonyl (C=O) groups excluding carboxylic acids is 7. The lowest BCUT2D eigenvalue weighted by Gasteiger charge is -2.34. The van der Waals surface area contributed by atoms with E-state index in [9.17, 15) is 77.5 Å². The van der Waals surface area contributed by atoms with Gasteiger partial charge in [0.05, 0.1) is 61.3 Å². The average molecular weight is 1510 g/mol. The summed E-state index contributed by atoms with van der Waals surface area (Å²) in [5, 5.41) is 110. The molecule has 6 aliphatic rings. The minimum atomic E-state index is -5.23. The smallest absolute Gasteiger partial charge is 0.446 e. The zero-order valence-electron chi connectivity index (χ0n) is 59.4. The first-order valence-electron chi connectivity index (χ1n) is 36.3. The van der Waals surface area contributed by atoms with Crippen LogP contribution in [-0.4, -0.2) is 264 Å². The van der Waals surface area contributed by atoms with E-state index < -0.39 is 181 Å². The summed E-state index contributed by atoms with van der Waals surface area (Å²) >= 11 is 1.51. The van der Waals surface area contributed by atoms with Gasteiger partial charge in [-0.15, -0.1) is 10.2 Å². The first-order valence-corrected chi connectivity index (χ1v) is 38.5. The van der Waals surface area contributed by atoms with E-state index in [2.05, 4.69) is 56.5 Å². The predicted octanol–water partition coefficient (Wildman–Crippen LogP) is -0.546. The number of hydrogen-bond donors (Lipinski definition) is 15. The number of aliphatic hydroxyl groups is 6. The summed E-state index contributed by atoms with van der Waals surface area (Å²) in [4.78, 5) is 115. The summed E-state index contributed by atoms with van der Waals surface area (Å²) in [5.74, 6) is -9.41. The van der Waals surface area contributed by atoms with Gasteiger partial charge >= 0.3 is 10.4 Å². The molecule has 6 fully saturated rings. The van der Waals surface area contributed by atoms with Gasteiger partial charge in [0.25, 0.3) is 0 Å². The fourth-order valence-corrected chi connectivity index (χ4v) is 16.1. The maximum absolute atomic E-state index is 15.1. The van der Waals surface area contributed by atoms with Crippen LogP contribution in [-0.2, 0) is 55.1 Å². The van der Waals surface area contributed by atoms with Gasteiger partial charge in [-0.2, -0.15) is 8.42 Å². The molecule has 35 heteroatoms. The molecule has 2 aliphatic carbocycles. The number of piperidine rings is 1. The Bertz CT molecular complexity index is 3740. The van der Waals surface area contributed by atoms with Gasteiger partial charge in [0.2, 0.25) is 47.3 Å². The number of ether oxygens (including phenoxy) is 1. The number of benzene rings is 2. The number of nitrogens with one attached hydrogen (secondary N) is 7. The van der Waals surface area contributed by atoms with Gasteiger partial charge in [-0.25, -0.2) is 9.97 Å². The maximum Gasteiger partial charge on any atom is 0.446 e. The molecular formula is C70H100N14O19S2. The molecule has 105 heavy (non-hydrogen) atoms. The highest BCUT2D eigenvalue weighted by molar-refractivity contribution is 7.81. The Hall–Kier alpha value is -7.68. The lowest BCUT2D eigenvalue weighted by Crippen LogP contribution is -2.64. The van der Waals surface area contributed by atoms with E-state index in [0.29, 0.717) is 31.4 Å². The van der Waals surface area contributed by atoms with Crippen LogP contribution in [0.25, 0.3) is 21.7 Å². The Balaban J connectivity index is 0.839. The van der Waals surface area contributed by atoms with Gasteiger partial charge in [0.15, 0.2) is 11.5 Å². The quantitative estimate of drug-likeness (QED) is 0.0347. The third-order valence-corrected chi connectivity index (χ3v) is 22.1. The molecule has 2 aromatic carbocycles. The Morgan fingerprint density at radius 1 is 0.714 bits per heavy atom. The maximum atomic E-state index is 15.1. The summed E-state index contributed by atoms with van der Waals surface area (Å²) < 4.78 is 43.7. The molecule has 15 N–H and O–H groups in total. The molecule has 10 rings (SSSR count). The van der Waals surface area contributed by atoms with Crippen molar-refractivity contribution in [1.29, 1.82) is 0 Å². The summed E-state index contributed by atoms with van der Waals surface area (Å²) in [6, 6.07) is -0.119. The molecule has 7 amide bonds. The summed E-state index contributed by atoms with van der Waals surface area (Å²) in [6.07, 6.45) is 2.13. The number of fused-ring (bicyclic) bond motifs is 2. The third-order valence-electron chi connectivity index (χ3n) is 20.6. The number of phenolic OH excluding ortho intramolecular Hbond substituents is 1. The number of aliphatic hydroxyl groups excluding tert-OH is 6. The highest BCUT2D eigenvalue weighted by Gasteiger charge is 2.50. The van der Waals surface area contributed by atoms with E-state index in [0.717, 1.165) is 106 Å². The highest BCUT2D eigenvalue weighted by atomic mass is 32.3. The number of aromatic nitrogens is 4. The van der Waals surface area contributed by atoms with E-state index in [-0.39, 0.29) is 49.2 Å². The molecule has 0 spiro atoms. The molecule has 576 valence electrons. The van der Waals surface area contributed by atoms with E-state index in [1.165, 1.54) is 44.4 Å². The van der Waals surface area contributed by atoms with Crippen molar-refractivity contribution in [2.75, 3.05) is 57.3 Å². The number of anilines is 1. The zero-order chi connectivity index (χ0) is 75.4. The van der Waals surface area contributed by atoms with Crippen LogP contribution < -0.4 is 46.3 Å². The number of nitrogens with zero attached hydrogens (tertiary/aromatic N) is 7. The van der Waals surface area contributed by atoms with Crippen LogP contribution >= 0.6 is 11.3 Å². The van der Waals surface area contributed by atoms with Crippen LogP contribution in [0.5, 0.6) is 11.5 Å². The van der Waals surface area contributed by atoms with Crippen molar-refractivity contribution in [3.63, 3.8) is 0 Å². The Morgan fingerprint density at radius 2 is 1.37 bits per heavy atom. The second-order valence-corrected chi connectivity index (χ2v) is 31.0. The van der Waals surface area contributed by atoms with Crippen molar-refractivity contribution >= 4 is 69.0 Å². The molecule has 0 unspecified atom stereocenters. The lowest BCUT2D eigenvalue weighted by molar-refractivity contribution is -0.147. The van der Waals surface area contributed by atoms with Gasteiger partial charge in [-0.3, -0.25) is 38.1 Å². The van der Waals surface area contributed by atoms with E-state index in [1.54, 1.807) is 0 Å². The highest BCUT2D eigenvalue weighted by Crippen LogP contribution is 2.40. The molecule has 13 atom stereocenters. The number of hydrogen-bond acceptors (Lipinski definition) is 26. The predicted molar refractivity (Wildman–Crippen MR) is 381 cm³/mol. The monoisotopic (exact) mass is 1500 g/mol. The SMILES string of the molecule is CC(C)NCCNC(=O)C[C@@H](O)[C@@H]1NC(=O)[C@H]([C@H](O)Cc2ccc(O)c(OS(=O)(=O)O)c2)NC(=O)[C@@H]2C[C@@H](O)CN2C(=O)[C@H]([C@@H](C)O)NC(=O)[C@@H](NCC2CCC(c3nnc(-c4ccc(-c5cnc(N6CCC(OC7CCCCC7)CC6)nc5)cc4)s3)CC2)C[C@@H](O)CNC(=O)[C@@H]2[C@@H](O)[C@@H](C)CN2C1=O. The number of carbonyl (C=O) groups is 7. The van der Waals surface area contributed by atoms with E-state index in [1.807, 2.05) is 50.5 Å². The molecule has 4 aromatic rings. The van der Waals surface area contributed by atoms with Crippen LogP contribution in [0.3, 0.4) is 0 Å². The van der Waals surface area contributed by atoms with E-state index >= 15 is 4.79 Å². The molecule has 6 heterocycles. The van der Waals surface area contributed by atoms with Crippen LogP contribution in [0.1, 0.15) is 134 Å². The van der Waals surface area contributed by atoms with Crippen LogP contribution in [0.15, 0.2) is 54.9 Å². The summed E-state index contributed by atoms with van der Waals surface area (Å²) in [7, 11) is -5.23. The van der Waals surface area contributed by atoms with Gasteiger partial charge in [-0.05, 0) is 100 Å². The van der Waals surface area contributed by atoms with E-state index in [4.69, 9.17) is 14.7 Å². The zero-order valence-corrected chi connectivity index (χ0v) is 61.0. The Labute approximate surface area is 613 Å². The first kappa shape index (κ1) is 79.9. The van der Waals surface area contributed by atoms with Crippen molar-refractivity contribution < 1.29 is 91.2 Å². The fourth-order valence-electron chi connectivity index (χ4n) is 14.7. The van der Waals surface area contributed by atoms with Gasteiger partial charge in [0, 0.05) is 100 Å². The molecule has 4 aliphatic heterocycles. The third kappa shape index (κ3) is 21.4. The van der Waals surface area contributed by atoms with Crippen LogP contribution in [0.4, 0.5) is 5.95 Å². The normalized spacial score (nSPS) is 27.8. The number of amides is 7. The number of β-amino-alcohol motifs (C(OH)–C–C–N with tert-alkyl or cyclic N) is 1. The van der Waals surface area contributed by atoms with Crippen molar-refractivity contribution in [3.8, 4) is 33.2 Å². The minimum absolute atomic E-state index is 0.0224. The Morgan fingerprint density at radius 3 is 2.05 bits per heavy atom. The van der Waals surface area contributed by atoms with Crippen molar-refractivity contribution in [2.45, 2.75) is 221 Å². The van der Waals surface area contributed by atoms with Gasteiger partial charge in [-0.1, -0.05) is 81.7 Å². The fraction of sp³-hybridized carbons (Fsp3) is 0.643. The first-order chi connectivity index (χ1) is 50.0. The largest absolute Gasteiger partial charge is 0.504 e. The second-order valence-electron chi connectivity index (χ2n) is 29.0. The Kier molecular flexibility index (Phi) is 27.6. The van der Waals surface area contributed by atoms with Crippen molar-refractivity contribution in [3.05, 3.63) is 65.4 Å². The summed E-state index contributed by atoms with van der Waals surface area (Å²) in [5.41, 5.74) is 2.65. The molecule has 4 saturated heterocycles. The molecular weight excluding hydrogens is 1400 g/mol. The minimum Gasteiger partial charge on any atom is -0.504 e. The molecule has 0 bridgehead atoms. The topological polar surface area (TPSA) is 479 Å². The number of rotatable bonds is 22. The van der Waals surface area contributed by atoms with Crippen LogP contribution in [0.2, 0.25) is 0 Å². The van der Waals surface area contributed by atoms with Crippen LogP contribution in [0, 0.1) is 11.8 Å². The number of phenols is 1. The molecule has 0 radical (unpaired) electrons. The van der Waals surface area contributed by atoms with Crippen molar-refractivity contribution in [2.24, 2.45) is 11.8 Å². The lowest BCUT2D eigenvalue weighted by atomic mass is 9.82. The number of aromatic hydroxyl groups is 1. The average Bonchev–Trinajstić information content (AvgIpc) is 1.68. The van der Waals surface area contributed by atoms with Crippen molar-refractivity contribution in [1.82, 2.24) is 67.2 Å². The second kappa shape index (κ2) is 36.3. The van der Waals surface area contributed by atoms with Gasteiger partial charge in [0.1, 0.15) is 40.2 Å². The van der Waals surface area contributed by atoms with Gasteiger partial charge < -0.3 is 96.6 Å².